The number of rotatable bonds is 13. The van der Waals surface area contributed by atoms with Gasteiger partial charge in [0.1, 0.15) is 5.82 Å². The number of hydrogen-bond acceptors (Lipinski definition) is 5. The highest BCUT2D eigenvalue weighted by atomic mass is 15.3. The van der Waals surface area contributed by atoms with Crippen molar-refractivity contribution in [2.75, 3.05) is 0 Å². The van der Waals surface area contributed by atoms with Gasteiger partial charge in [0, 0.05) is 58.7 Å². The van der Waals surface area contributed by atoms with Crippen molar-refractivity contribution in [2.24, 2.45) is 0 Å². The first-order valence-corrected chi connectivity index (χ1v) is 18.9. The van der Waals surface area contributed by atoms with Gasteiger partial charge in [0.2, 0.25) is 0 Å². The number of benzene rings is 3. The van der Waals surface area contributed by atoms with Crippen LogP contribution in [0.4, 0.5) is 0 Å². The van der Waals surface area contributed by atoms with Crippen LogP contribution in [-0.2, 0) is 11.8 Å². The van der Waals surface area contributed by atoms with E-state index in [4.69, 9.17) is 15.2 Å². The maximum atomic E-state index is 4.91. The maximum absolute atomic E-state index is 4.91. The summed E-state index contributed by atoms with van der Waals surface area (Å²) < 4.78 is 2.24. The molecule has 7 aromatic rings. The van der Waals surface area contributed by atoms with E-state index in [0.717, 1.165) is 74.7 Å². The summed E-state index contributed by atoms with van der Waals surface area (Å²) in [5.74, 6) is 1.72. The van der Waals surface area contributed by atoms with E-state index in [1.165, 1.54) is 42.4 Å². The van der Waals surface area contributed by atoms with Gasteiger partial charge >= 0.3 is 0 Å². The highest BCUT2D eigenvalue weighted by Gasteiger charge is 2.29. The molecule has 3 aromatic carbocycles. The second-order valence-corrected chi connectivity index (χ2v) is 14.6. The molecule has 0 amide bonds. The third-order valence-electron chi connectivity index (χ3n) is 10.5. The molecule has 0 radical (unpaired) electrons. The van der Waals surface area contributed by atoms with E-state index in [-0.39, 0.29) is 5.41 Å². The van der Waals surface area contributed by atoms with E-state index in [1.807, 2.05) is 36.9 Å². The molecule has 6 nitrogen and oxygen atoms in total. The Labute approximate surface area is 314 Å². The third kappa shape index (κ3) is 7.73. The minimum absolute atomic E-state index is 0.231. The van der Waals surface area contributed by atoms with Crippen molar-refractivity contribution >= 4 is 0 Å². The standard InChI is InChI=1S/C47H48N6/c1-6-8-9-10-15-34-16-11-17-35(24-34)36-18-12-19-37(25-36)45-51-52-46(47(4,5)7-2)53(45)44-32-50-31-43(33(44)3)42-27-40(38-20-13-22-48-29-38)26-41(28-42)39-21-14-23-49-30-39/h11-14,16-32H,6-10,15H2,1-5H3. The highest BCUT2D eigenvalue weighted by molar-refractivity contribution is 5.82. The first kappa shape index (κ1) is 35.6. The van der Waals surface area contributed by atoms with Crippen LogP contribution in [0.5, 0.6) is 0 Å². The summed E-state index contributed by atoms with van der Waals surface area (Å²) in [5, 5.41) is 9.81. The summed E-state index contributed by atoms with van der Waals surface area (Å²) in [4.78, 5) is 13.7. The zero-order valence-electron chi connectivity index (χ0n) is 31.6. The van der Waals surface area contributed by atoms with E-state index in [1.54, 1.807) is 12.4 Å². The molecule has 266 valence electrons. The van der Waals surface area contributed by atoms with Crippen molar-refractivity contribution in [3.05, 3.63) is 145 Å². The van der Waals surface area contributed by atoms with Crippen LogP contribution in [0.2, 0.25) is 0 Å². The van der Waals surface area contributed by atoms with E-state index in [9.17, 15) is 0 Å². The maximum Gasteiger partial charge on any atom is 0.168 e. The molecule has 4 aromatic heterocycles. The van der Waals surface area contributed by atoms with Gasteiger partial charge in [0.05, 0.1) is 11.9 Å². The molecule has 7 rings (SSSR count). The first-order valence-electron chi connectivity index (χ1n) is 18.9. The van der Waals surface area contributed by atoms with Gasteiger partial charge < -0.3 is 0 Å². The molecule has 0 atom stereocenters. The Morgan fingerprint density at radius 1 is 0.566 bits per heavy atom. The van der Waals surface area contributed by atoms with Crippen molar-refractivity contribution < 1.29 is 0 Å². The Morgan fingerprint density at radius 2 is 1.19 bits per heavy atom. The lowest BCUT2D eigenvalue weighted by Gasteiger charge is -2.24. The van der Waals surface area contributed by atoms with Gasteiger partial charge in [-0.25, -0.2) is 0 Å². The Hall–Kier alpha value is -5.75. The van der Waals surface area contributed by atoms with Crippen LogP contribution < -0.4 is 0 Å². The SMILES string of the molecule is CCCCCCc1cccc(-c2cccc(-c3nnc(C(C)(C)CC)n3-c3cncc(-c4cc(-c5cccnc5)cc(-c5cccnc5)c4)c3C)c2)c1. The van der Waals surface area contributed by atoms with Gasteiger partial charge in [-0.3, -0.25) is 19.5 Å². The molecule has 0 unspecified atom stereocenters. The lowest BCUT2D eigenvalue weighted by atomic mass is 9.88. The summed E-state index contributed by atoms with van der Waals surface area (Å²) in [5.41, 5.74) is 13.0. The zero-order chi connectivity index (χ0) is 36.8. The molecule has 0 aliphatic carbocycles. The number of nitrogens with zero attached hydrogens (tertiary/aromatic N) is 6. The van der Waals surface area contributed by atoms with Crippen LogP contribution in [0.3, 0.4) is 0 Å². The normalized spacial score (nSPS) is 11.6. The lowest BCUT2D eigenvalue weighted by molar-refractivity contribution is 0.464. The Bertz CT molecular complexity index is 2250. The van der Waals surface area contributed by atoms with E-state index in [0.29, 0.717) is 0 Å². The molecule has 0 aliphatic rings. The molecular formula is C47H48N6. The molecule has 4 heterocycles. The molecule has 0 fully saturated rings. The molecule has 0 saturated heterocycles. The summed E-state index contributed by atoms with van der Waals surface area (Å²) in [7, 11) is 0. The van der Waals surface area contributed by atoms with Crippen molar-refractivity contribution in [3.8, 4) is 61.6 Å². The Morgan fingerprint density at radius 3 is 1.85 bits per heavy atom. The van der Waals surface area contributed by atoms with Crippen LogP contribution in [0.15, 0.2) is 128 Å². The van der Waals surface area contributed by atoms with Gasteiger partial charge in [-0.05, 0) is 102 Å². The van der Waals surface area contributed by atoms with Crippen LogP contribution in [0.1, 0.15) is 76.8 Å². The molecule has 0 bridgehead atoms. The smallest absolute Gasteiger partial charge is 0.168 e. The average Bonchev–Trinajstić information content (AvgIpc) is 3.66. The van der Waals surface area contributed by atoms with E-state index in [2.05, 4.69) is 128 Å². The fourth-order valence-electron chi connectivity index (χ4n) is 7.01. The van der Waals surface area contributed by atoms with Crippen molar-refractivity contribution in [1.29, 1.82) is 0 Å². The van der Waals surface area contributed by atoms with Crippen LogP contribution in [-0.4, -0.2) is 29.7 Å². The molecule has 6 heteroatoms. The van der Waals surface area contributed by atoms with Gasteiger partial charge in [-0.2, -0.15) is 0 Å². The number of aryl methyl sites for hydroxylation is 1. The lowest BCUT2D eigenvalue weighted by Crippen LogP contribution is -2.22. The summed E-state index contributed by atoms with van der Waals surface area (Å²) in [6, 6.07) is 32.5. The van der Waals surface area contributed by atoms with Gasteiger partial charge in [0.15, 0.2) is 5.82 Å². The third-order valence-corrected chi connectivity index (χ3v) is 10.5. The summed E-state index contributed by atoms with van der Waals surface area (Å²) in [6.07, 6.45) is 18.4. The minimum Gasteiger partial charge on any atom is -0.277 e. The van der Waals surface area contributed by atoms with Gasteiger partial charge in [-0.15, -0.1) is 10.2 Å². The fourth-order valence-corrected chi connectivity index (χ4v) is 7.01. The molecule has 0 N–H and O–H groups in total. The Kier molecular flexibility index (Phi) is 10.7. The predicted molar refractivity (Wildman–Crippen MR) is 218 cm³/mol. The molecular weight excluding hydrogens is 649 g/mol. The second-order valence-electron chi connectivity index (χ2n) is 14.6. The summed E-state index contributed by atoms with van der Waals surface area (Å²) in [6.45, 7) is 11.1. The number of pyridine rings is 3. The van der Waals surface area contributed by atoms with Gasteiger partial charge in [0.25, 0.3) is 0 Å². The largest absolute Gasteiger partial charge is 0.277 e. The molecule has 53 heavy (non-hydrogen) atoms. The predicted octanol–water partition coefficient (Wildman–Crippen LogP) is 11.9. The zero-order valence-corrected chi connectivity index (χ0v) is 31.6. The highest BCUT2D eigenvalue weighted by Crippen LogP contribution is 2.38. The monoisotopic (exact) mass is 696 g/mol. The van der Waals surface area contributed by atoms with Crippen LogP contribution >= 0.6 is 0 Å². The molecule has 0 aliphatic heterocycles. The fraction of sp³-hybridized carbons (Fsp3) is 0.255. The van der Waals surface area contributed by atoms with Crippen molar-refractivity contribution in [2.45, 2.75) is 78.6 Å². The van der Waals surface area contributed by atoms with Crippen molar-refractivity contribution in [3.63, 3.8) is 0 Å². The van der Waals surface area contributed by atoms with Crippen LogP contribution in [0.25, 0.3) is 61.6 Å². The minimum atomic E-state index is -0.231. The molecule has 0 spiro atoms. The topological polar surface area (TPSA) is 69.4 Å². The Balaban J connectivity index is 1.35. The number of unbranched alkanes of at least 4 members (excludes halogenated alkanes) is 3. The summed E-state index contributed by atoms with van der Waals surface area (Å²) >= 11 is 0. The van der Waals surface area contributed by atoms with Gasteiger partial charge in [-0.1, -0.05) is 102 Å². The van der Waals surface area contributed by atoms with Crippen LogP contribution in [0, 0.1) is 6.92 Å². The quantitative estimate of drug-likeness (QED) is 0.112. The second kappa shape index (κ2) is 15.9. The number of aromatic nitrogens is 6. The first-order chi connectivity index (χ1) is 25.9. The molecule has 0 saturated carbocycles. The van der Waals surface area contributed by atoms with E-state index < -0.39 is 0 Å². The average molecular weight is 697 g/mol. The number of hydrogen-bond donors (Lipinski definition) is 0. The van der Waals surface area contributed by atoms with Crippen molar-refractivity contribution in [1.82, 2.24) is 29.7 Å². The van der Waals surface area contributed by atoms with E-state index >= 15 is 0 Å².